The quantitative estimate of drug-likeness (QED) is 0.851. The minimum absolute atomic E-state index is 0.0174. The summed E-state index contributed by atoms with van der Waals surface area (Å²) >= 11 is 0. The highest BCUT2D eigenvalue weighted by molar-refractivity contribution is 5.80. The van der Waals surface area contributed by atoms with E-state index in [1.165, 1.54) is 11.1 Å². The van der Waals surface area contributed by atoms with E-state index in [2.05, 4.69) is 31.3 Å². The molecule has 2 N–H and O–H groups in total. The number of fused-ring (bicyclic) bond motifs is 1. The third-order valence-corrected chi connectivity index (χ3v) is 3.74. The molecule has 0 aliphatic heterocycles. The maximum absolute atomic E-state index is 12.2. The van der Waals surface area contributed by atoms with Crippen LogP contribution in [0.3, 0.4) is 0 Å². The highest BCUT2D eigenvalue weighted by atomic mass is 16.3. The molecule has 19 heavy (non-hydrogen) atoms. The Bertz CT molecular complexity index is 417. The van der Waals surface area contributed by atoms with Crippen LogP contribution in [0.1, 0.15) is 31.4 Å². The van der Waals surface area contributed by atoms with Gasteiger partial charge < -0.3 is 10.4 Å². The second-order valence-electron chi connectivity index (χ2n) is 5.89. The van der Waals surface area contributed by atoms with E-state index in [1.807, 2.05) is 12.1 Å². The van der Waals surface area contributed by atoms with Gasteiger partial charge in [-0.2, -0.15) is 0 Å². The summed E-state index contributed by atoms with van der Waals surface area (Å²) in [5, 5.41) is 12.3. The Labute approximate surface area is 115 Å². The van der Waals surface area contributed by atoms with Crippen LogP contribution < -0.4 is 5.32 Å². The number of aliphatic hydroxyl groups is 1. The Morgan fingerprint density at radius 3 is 2.37 bits per heavy atom. The van der Waals surface area contributed by atoms with Gasteiger partial charge in [-0.1, -0.05) is 38.1 Å². The Morgan fingerprint density at radius 2 is 1.89 bits per heavy atom. The predicted octanol–water partition coefficient (Wildman–Crippen LogP) is 1.92. The molecule has 0 bridgehead atoms. The van der Waals surface area contributed by atoms with Crippen molar-refractivity contribution in [3.63, 3.8) is 0 Å². The zero-order chi connectivity index (χ0) is 13.8. The Morgan fingerprint density at radius 1 is 1.32 bits per heavy atom. The number of rotatable bonds is 5. The van der Waals surface area contributed by atoms with E-state index in [-0.39, 0.29) is 24.5 Å². The van der Waals surface area contributed by atoms with Crippen molar-refractivity contribution in [2.75, 3.05) is 6.61 Å². The fourth-order valence-electron chi connectivity index (χ4n) is 2.81. The van der Waals surface area contributed by atoms with Crippen molar-refractivity contribution in [3.05, 3.63) is 35.4 Å². The molecular weight excluding hydrogens is 238 g/mol. The fourth-order valence-corrected chi connectivity index (χ4v) is 2.81. The lowest BCUT2D eigenvalue weighted by Gasteiger charge is -2.20. The third-order valence-electron chi connectivity index (χ3n) is 3.74. The first kappa shape index (κ1) is 14.1. The van der Waals surface area contributed by atoms with Gasteiger partial charge in [0, 0.05) is 5.92 Å². The van der Waals surface area contributed by atoms with Gasteiger partial charge in [-0.05, 0) is 36.3 Å². The van der Waals surface area contributed by atoms with Gasteiger partial charge in [0.05, 0.1) is 12.6 Å². The van der Waals surface area contributed by atoms with Gasteiger partial charge in [0.1, 0.15) is 0 Å². The van der Waals surface area contributed by atoms with Crippen molar-refractivity contribution in [2.45, 2.75) is 39.2 Å². The van der Waals surface area contributed by atoms with E-state index in [4.69, 9.17) is 0 Å². The van der Waals surface area contributed by atoms with Gasteiger partial charge in [-0.25, -0.2) is 0 Å². The molecule has 1 amide bonds. The molecule has 0 saturated heterocycles. The summed E-state index contributed by atoms with van der Waals surface area (Å²) in [6.45, 7) is 4.21. The normalized spacial score (nSPS) is 16.4. The van der Waals surface area contributed by atoms with Gasteiger partial charge in [-0.15, -0.1) is 0 Å². The first-order valence-electron chi connectivity index (χ1n) is 7.08. The number of aliphatic hydroxyl groups excluding tert-OH is 1. The second kappa shape index (κ2) is 6.20. The van der Waals surface area contributed by atoms with E-state index in [0.717, 1.165) is 19.3 Å². The molecule has 1 atom stereocenters. The molecule has 0 heterocycles. The number of nitrogens with one attached hydrogen (secondary N) is 1. The van der Waals surface area contributed by atoms with Crippen LogP contribution in [0.4, 0.5) is 0 Å². The van der Waals surface area contributed by atoms with Crippen LogP contribution in [0.2, 0.25) is 0 Å². The smallest absolute Gasteiger partial charge is 0.224 e. The Balaban J connectivity index is 1.92. The van der Waals surface area contributed by atoms with Crippen molar-refractivity contribution < 1.29 is 9.90 Å². The maximum Gasteiger partial charge on any atom is 0.224 e. The largest absolute Gasteiger partial charge is 0.394 e. The average molecular weight is 261 g/mol. The first-order chi connectivity index (χ1) is 9.10. The molecule has 104 valence electrons. The van der Waals surface area contributed by atoms with E-state index in [0.29, 0.717) is 5.92 Å². The number of amides is 1. The van der Waals surface area contributed by atoms with Crippen LogP contribution in [-0.4, -0.2) is 23.7 Å². The highest BCUT2D eigenvalue weighted by Gasteiger charge is 2.28. The zero-order valence-corrected chi connectivity index (χ0v) is 11.7. The Kier molecular flexibility index (Phi) is 4.59. The number of carbonyl (C=O) groups excluding carboxylic acids is 1. The van der Waals surface area contributed by atoms with Crippen molar-refractivity contribution in [3.8, 4) is 0 Å². The van der Waals surface area contributed by atoms with Crippen LogP contribution in [0.25, 0.3) is 0 Å². The van der Waals surface area contributed by atoms with Crippen LogP contribution >= 0.6 is 0 Å². The molecule has 3 nitrogen and oxygen atoms in total. The summed E-state index contributed by atoms with van der Waals surface area (Å²) in [7, 11) is 0. The molecule has 1 aromatic carbocycles. The van der Waals surface area contributed by atoms with Crippen molar-refractivity contribution >= 4 is 5.91 Å². The molecule has 1 aromatic rings. The van der Waals surface area contributed by atoms with E-state index in [1.54, 1.807) is 0 Å². The SMILES string of the molecule is CC(C)CC(CO)NC(=O)C1Cc2ccccc2C1. The summed E-state index contributed by atoms with van der Waals surface area (Å²) in [4.78, 5) is 12.2. The number of carbonyl (C=O) groups is 1. The number of hydrogen-bond acceptors (Lipinski definition) is 2. The van der Waals surface area contributed by atoms with Crippen LogP contribution in [-0.2, 0) is 17.6 Å². The van der Waals surface area contributed by atoms with Crippen molar-refractivity contribution in [1.82, 2.24) is 5.32 Å². The van der Waals surface area contributed by atoms with Gasteiger partial charge >= 0.3 is 0 Å². The molecule has 3 heteroatoms. The lowest BCUT2D eigenvalue weighted by atomic mass is 10.0. The lowest BCUT2D eigenvalue weighted by molar-refractivity contribution is -0.125. The van der Waals surface area contributed by atoms with Crippen LogP contribution in [0.15, 0.2) is 24.3 Å². The summed E-state index contributed by atoms with van der Waals surface area (Å²) in [5.74, 6) is 0.577. The molecule has 0 fully saturated rings. The molecular formula is C16H23NO2. The minimum Gasteiger partial charge on any atom is -0.394 e. The molecule has 0 radical (unpaired) electrons. The maximum atomic E-state index is 12.2. The molecule has 1 aliphatic rings. The standard InChI is InChI=1S/C16H23NO2/c1-11(2)7-15(10-18)17-16(19)14-8-12-5-3-4-6-13(12)9-14/h3-6,11,14-15,18H,7-10H2,1-2H3,(H,17,19). The predicted molar refractivity (Wildman–Crippen MR) is 75.8 cm³/mol. The summed E-state index contributed by atoms with van der Waals surface area (Å²) < 4.78 is 0. The van der Waals surface area contributed by atoms with Crippen molar-refractivity contribution in [2.24, 2.45) is 11.8 Å². The molecule has 0 aromatic heterocycles. The van der Waals surface area contributed by atoms with E-state index < -0.39 is 0 Å². The topological polar surface area (TPSA) is 49.3 Å². The number of benzene rings is 1. The van der Waals surface area contributed by atoms with Crippen LogP contribution in [0, 0.1) is 11.8 Å². The number of hydrogen-bond donors (Lipinski definition) is 2. The van der Waals surface area contributed by atoms with E-state index in [9.17, 15) is 9.90 Å². The summed E-state index contributed by atoms with van der Waals surface area (Å²) in [6, 6.07) is 8.12. The average Bonchev–Trinajstić information content (AvgIpc) is 2.81. The first-order valence-corrected chi connectivity index (χ1v) is 7.08. The molecule has 0 saturated carbocycles. The highest BCUT2D eigenvalue weighted by Crippen LogP contribution is 2.26. The minimum atomic E-state index is -0.115. The van der Waals surface area contributed by atoms with Gasteiger partial charge in [0.25, 0.3) is 0 Å². The lowest BCUT2D eigenvalue weighted by Crippen LogP contribution is -2.42. The van der Waals surface area contributed by atoms with Crippen LogP contribution in [0.5, 0.6) is 0 Å². The zero-order valence-electron chi connectivity index (χ0n) is 11.7. The van der Waals surface area contributed by atoms with Gasteiger partial charge in [0.2, 0.25) is 5.91 Å². The monoisotopic (exact) mass is 261 g/mol. The van der Waals surface area contributed by atoms with Gasteiger partial charge in [-0.3, -0.25) is 4.79 Å². The molecule has 1 aliphatic carbocycles. The molecule has 1 unspecified atom stereocenters. The fraction of sp³-hybridized carbons (Fsp3) is 0.562. The second-order valence-corrected chi connectivity index (χ2v) is 5.89. The molecule has 0 spiro atoms. The summed E-state index contributed by atoms with van der Waals surface area (Å²) in [6.07, 6.45) is 2.46. The van der Waals surface area contributed by atoms with E-state index >= 15 is 0 Å². The van der Waals surface area contributed by atoms with Gasteiger partial charge in [0.15, 0.2) is 0 Å². The van der Waals surface area contributed by atoms with Crippen molar-refractivity contribution in [1.29, 1.82) is 0 Å². The Hall–Kier alpha value is -1.35. The third kappa shape index (κ3) is 3.57. The molecule has 2 rings (SSSR count). The summed E-state index contributed by atoms with van der Waals surface area (Å²) in [5.41, 5.74) is 2.57.